The number of nitrogens with zero attached hydrogens (tertiary/aromatic N) is 2. The van der Waals surface area contributed by atoms with Crippen molar-refractivity contribution in [1.82, 2.24) is 9.80 Å². The molecule has 2 aromatic rings. The van der Waals surface area contributed by atoms with E-state index in [-0.39, 0.29) is 56.6 Å². The highest BCUT2D eigenvalue weighted by Crippen LogP contribution is 2.24. The van der Waals surface area contributed by atoms with Crippen LogP contribution in [-0.2, 0) is 32.2 Å². The Balaban J connectivity index is 0.000000230. The monoisotopic (exact) mass is 612 g/mol. The number of amides is 2. The molecule has 0 N–H and O–H groups in total. The predicted octanol–water partition coefficient (Wildman–Crippen LogP) is 6.61. The summed E-state index contributed by atoms with van der Waals surface area (Å²) in [6.45, 7) is 1.95. The second-order valence-corrected chi connectivity index (χ2v) is 10.3. The van der Waals surface area contributed by atoms with Gasteiger partial charge in [0, 0.05) is 39.0 Å². The Morgan fingerprint density at radius 2 is 1.14 bits per heavy atom. The van der Waals surface area contributed by atoms with Crippen molar-refractivity contribution in [3.05, 3.63) is 71.8 Å². The first-order valence-electron chi connectivity index (χ1n) is 13.5. The zero-order valence-corrected chi connectivity index (χ0v) is 24.1. The fourth-order valence-electron chi connectivity index (χ4n) is 4.31. The quantitative estimate of drug-likeness (QED) is 0.266. The van der Waals surface area contributed by atoms with Crippen molar-refractivity contribution in [2.75, 3.05) is 32.4 Å². The predicted molar refractivity (Wildman–Crippen MR) is 150 cm³/mol. The van der Waals surface area contributed by atoms with Gasteiger partial charge < -0.3 is 24.0 Å². The summed E-state index contributed by atoms with van der Waals surface area (Å²) < 4.78 is 55.8. The van der Waals surface area contributed by atoms with Gasteiger partial charge in [0.15, 0.2) is 0 Å². The highest BCUT2D eigenvalue weighted by molar-refractivity contribution is 8.12. The summed E-state index contributed by atoms with van der Waals surface area (Å²) in [6.07, 6.45) is -3.11. The lowest BCUT2D eigenvalue weighted by atomic mass is 10.1. The summed E-state index contributed by atoms with van der Waals surface area (Å²) in [5.74, 6) is 0. The van der Waals surface area contributed by atoms with E-state index in [9.17, 15) is 27.6 Å². The number of carbonyl (C=O) groups is 3. The molecule has 0 radical (unpaired) electrons. The summed E-state index contributed by atoms with van der Waals surface area (Å²) >= 11 is 1.06. The van der Waals surface area contributed by atoms with Crippen LogP contribution >= 0.6 is 11.8 Å². The molecular formula is C29H35F3N2O7S. The maximum absolute atomic E-state index is 12.1. The highest BCUT2D eigenvalue weighted by atomic mass is 32.2. The molecule has 2 aliphatic heterocycles. The first-order chi connectivity index (χ1) is 20.1. The molecule has 2 aromatic carbocycles. The molecule has 0 unspecified atom stereocenters. The molecule has 0 spiro atoms. The summed E-state index contributed by atoms with van der Waals surface area (Å²) in [7, 11) is 0. The molecule has 0 aromatic heterocycles. The van der Waals surface area contributed by atoms with Gasteiger partial charge in [-0.25, -0.2) is 14.4 Å². The molecule has 42 heavy (non-hydrogen) atoms. The standard InChI is InChI=1S/C15H19NO4S.C14H16F3NO3/c1-21-15(18)20-13-7-9-16(10-8-13)14(17)19-11-12-5-3-2-4-6-12;15-14(16,17)21-12-6-8-18(9-7-12)13(19)20-10-11-4-2-1-3-5-11/h2-6,13H,7-11H2,1H3;1-5,12H,6-10H2. The van der Waals surface area contributed by atoms with Gasteiger partial charge in [-0.15, -0.1) is 13.2 Å². The van der Waals surface area contributed by atoms with E-state index in [1.165, 1.54) is 4.90 Å². The van der Waals surface area contributed by atoms with Crippen molar-refractivity contribution in [3.63, 3.8) is 0 Å². The van der Waals surface area contributed by atoms with Crippen LogP contribution < -0.4 is 0 Å². The third-order valence-electron chi connectivity index (χ3n) is 6.54. The average Bonchev–Trinajstić information content (AvgIpc) is 3.00. The minimum atomic E-state index is -4.62. The molecule has 230 valence electrons. The molecule has 2 saturated heterocycles. The Kier molecular flexibility index (Phi) is 13.3. The lowest BCUT2D eigenvalue weighted by Gasteiger charge is -2.31. The van der Waals surface area contributed by atoms with Crippen molar-refractivity contribution in [1.29, 1.82) is 0 Å². The summed E-state index contributed by atoms with van der Waals surface area (Å²) in [4.78, 5) is 38.0. The van der Waals surface area contributed by atoms with Gasteiger partial charge in [0.1, 0.15) is 19.3 Å². The number of ether oxygens (including phenoxy) is 4. The largest absolute Gasteiger partial charge is 0.522 e. The van der Waals surface area contributed by atoms with Gasteiger partial charge in [0.2, 0.25) is 0 Å². The number of carbonyl (C=O) groups excluding carboxylic acids is 3. The summed E-state index contributed by atoms with van der Waals surface area (Å²) in [5, 5.41) is -0.264. The van der Waals surface area contributed by atoms with Crippen LogP contribution in [0, 0.1) is 0 Å². The molecule has 2 amide bonds. The topological polar surface area (TPSA) is 94.6 Å². The molecule has 2 aliphatic rings. The van der Waals surface area contributed by atoms with E-state index >= 15 is 0 Å². The maximum atomic E-state index is 12.1. The molecule has 0 bridgehead atoms. The van der Waals surface area contributed by atoms with Crippen molar-refractivity contribution >= 4 is 29.2 Å². The lowest BCUT2D eigenvalue weighted by molar-refractivity contribution is -0.345. The highest BCUT2D eigenvalue weighted by Gasteiger charge is 2.36. The fourth-order valence-corrected chi connectivity index (χ4v) is 4.54. The molecule has 2 fully saturated rings. The second-order valence-electron chi connectivity index (χ2n) is 9.59. The van der Waals surface area contributed by atoms with E-state index in [1.807, 2.05) is 60.7 Å². The van der Waals surface area contributed by atoms with E-state index in [4.69, 9.17) is 14.2 Å². The smallest absolute Gasteiger partial charge is 0.454 e. The number of hydrogen-bond acceptors (Lipinski definition) is 8. The Bertz CT molecular complexity index is 1110. The molecule has 4 rings (SSSR count). The Morgan fingerprint density at radius 3 is 1.52 bits per heavy atom. The van der Waals surface area contributed by atoms with Gasteiger partial charge >= 0.3 is 23.9 Å². The second kappa shape index (κ2) is 16.9. The van der Waals surface area contributed by atoms with Crippen LogP contribution in [0.25, 0.3) is 0 Å². The average molecular weight is 613 g/mol. The van der Waals surface area contributed by atoms with Crippen LogP contribution in [-0.4, -0.2) is 78.3 Å². The van der Waals surface area contributed by atoms with Gasteiger partial charge in [-0.05, 0) is 42.0 Å². The van der Waals surface area contributed by atoms with E-state index < -0.39 is 18.6 Å². The maximum Gasteiger partial charge on any atom is 0.522 e. The van der Waals surface area contributed by atoms with E-state index in [0.717, 1.165) is 22.9 Å². The van der Waals surface area contributed by atoms with Gasteiger partial charge in [-0.3, -0.25) is 4.74 Å². The number of alkyl halides is 3. The third kappa shape index (κ3) is 12.2. The Hall–Kier alpha value is -3.45. The van der Waals surface area contributed by atoms with Crippen molar-refractivity contribution in [2.24, 2.45) is 0 Å². The molecule has 0 saturated carbocycles. The van der Waals surface area contributed by atoms with Crippen molar-refractivity contribution in [3.8, 4) is 0 Å². The first-order valence-corrected chi connectivity index (χ1v) is 14.8. The van der Waals surface area contributed by atoms with E-state index in [0.29, 0.717) is 25.9 Å². The van der Waals surface area contributed by atoms with E-state index in [1.54, 1.807) is 11.2 Å². The van der Waals surface area contributed by atoms with Crippen LogP contribution in [0.3, 0.4) is 0 Å². The molecule has 0 atom stereocenters. The number of halogens is 3. The zero-order valence-electron chi connectivity index (χ0n) is 23.3. The SMILES string of the molecule is CSC(=O)OC1CCN(C(=O)OCc2ccccc2)CC1.O=C(OCc1ccccc1)N1CCC(OC(F)(F)F)CC1. The van der Waals surface area contributed by atoms with Crippen LogP contribution in [0.5, 0.6) is 0 Å². The van der Waals surface area contributed by atoms with Crippen LogP contribution in [0.4, 0.5) is 27.6 Å². The first kappa shape index (κ1) is 33.1. The van der Waals surface area contributed by atoms with Crippen LogP contribution in [0.15, 0.2) is 60.7 Å². The third-order valence-corrected chi connectivity index (χ3v) is 6.97. The van der Waals surface area contributed by atoms with Crippen molar-refractivity contribution in [2.45, 2.75) is 57.5 Å². The number of piperidine rings is 2. The van der Waals surface area contributed by atoms with E-state index in [2.05, 4.69) is 4.74 Å². The molecular weight excluding hydrogens is 577 g/mol. The van der Waals surface area contributed by atoms with Crippen LogP contribution in [0.2, 0.25) is 0 Å². The number of hydrogen-bond donors (Lipinski definition) is 0. The Labute approximate surface area is 247 Å². The van der Waals surface area contributed by atoms with Gasteiger partial charge in [0.05, 0.1) is 6.10 Å². The fraction of sp³-hybridized carbons (Fsp3) is 0.483. The van der Waals surface area contributed by atoms with Gasteiger partial charge in [-0.2, -0.15) is 0 Å². The number of benzene rings is 2. The number of likely N-dealkylation sites (tertiary alicyclic amines) is 2. The number of thioether (sulfide) groups is 1. The molecule has 13 heteroatoms. The molecule has 2 heterocycles. The van der Waals surface area contributed by atoms with Crippen molar-refractivity contribution < 1.29 is 46.5 Å². The van der Waals surface area contributed by atoms with Gasteiger partial charge in [0.25, 0.3) is 0 Å². The summed E-state index contributed by atoms with van der Waals surface area (Å²) in [6, 6.07) is 18.8. The Morgan fingerprint density at radius 1 is 0.738 bits per heavy atom. The lowest BCUT2D eigenvalue weighted by Crippen LogP contribution is -2.42. The minimum absolute atomic E-state index is 0.0943. The minimum Gasteiger partial charge on any atom is -0.454 e. The molecule has 0 aliphatic carbocycles. The van der Waals surface area contributed by atoms with Crippen LogP contribution in [0.1, 0.15) is 36.8 Å². The van der Waals surface area contributed by atoms with Gasteiger partial charge in [-0.1, -0.05) is 60.7 Å². The zero-order chi connectivity index (χ0) is 30.4. The summed E-state index contributed by atoms with van der Waals surface area (Å²) in [5.41, 5.74) is 1.83. The normalized spacial score (nSPS) is 16.2. The number of rotatable bonds is 6. The molecule has 9 nitrogen and oxygen atoms in total.